The SMILES string of the molecule is c1ccc(C2(c3ccccc3)c3ccccc3-c3ccc(-c4cc(-c5ccc(-c6ccc7c(c6)sc6ccccc67)cc5)nc(-c5ccc6ccccc6c5)n4)cc32)cc1. The maximum Gasteiger partial charge on any atom is 0.160 e. The Bertz CT molecular complexity index is 3380. The highest BCUT2D eigenvalue weighted by Crippen LogP contribution is 2.56. The maximum atomic E-state index is 5.38. The lowest BCUT2D eigenvalue weighted by molar-refractivity contribution is 0.768. The second kappa shape index (κ2) is 13.8. The fourth-order valence-electron chi connectivity index (χ4n) is 9.54. The summed E-state index contributed by atoms with van der Waals surface area (Å²) in [6, 6.07) is 79.3. The van der Waals surface area contributed by atoms with Crippen LogP contribution in [0, 0.1) is 0 Å². The van der Waals surface area contributed by atoms with Crippen molar-refractivity contribution in [3.8, 4) is 56.2 Å². The number of aromatic nitrogens is 2. The highest BCUT2D eigenvalue weighted by Gasteiger charge is 2.46. The number of thiophene rings is 1. The number of fused-ring (bicyclic) bond motifs is 7. The molecule has 3 heteroatoms. The molecule has 2 heterocycles. The first-order valence-corrected chi connectivity index (χ1v) is 21.3. The van der Waals surface area contributed by atoms with Gasteiger partial charge in [-0.1, -0.05) is 188 Å². The Kier molecular flexibility index (Phi) is 7.97. The molecule has 0 unspecified atom stereocenters. The predicted molar refractivity (Wildman–Crippen MR) is 251 cm³/mol. The van der Waals surface area contributed by atoms with E-state index in [9.17, 15) is 0 Å². The number of benzene rings is 9. The zero-order valence-electron chi connectivity index (χ0n) is 32.6. The van der Waals surface area contributed by atoms with Gasteiger partial charge in [-0.2, -0.15) is 0 Å². The molecule has 0 amide bonds. The van der Waals surface area contributed by atoms with E-state index < -0.39 is 5.41 Å². The Morgan fingerprint density at radius 3 is 1.72 bits per heavy atom. The molecule has 60 heavy (non-hydrogen) atoms. The van der Waals surface area contributed by atoms with E-state index in [0.717, 1.165) is 33.5 Å². The fourth-order valence-corrected chi connectivity index (χ4v) is 10.7. The molecule has 0 saturated heterocycles. The monoisotopic (exact) mass is 780 g/mol. The molecule has 2 aromatic heterocycles. The largest absolute Gasteiger partial charge is 0.228 e. The van der Waals surface area contributed by atoms with Gasteiger partial charge >= 0.3 is 0 Å². The standard InChI is InChI=1S/C57H36N2S/c1-3-15-44(16-4-1)57(45-17-5-2-6-18-45)50-21-11-9-19-46(50)47-31-30-42(34-51(47)57)53-36-52(58-56(59-53)43-28-25-37-13-7-8-14-40(37)33-43)39-26-23-38(24-27-39)41-29-32-49-48-20-10-12-22-54(48)60-55(49)35-41/h1-36H. The van der Waals surface area contributed by atoms with E-state index in [-0.39, 0.29) is 0 Å². The summed E-state index contributed by atoms with van der Waals surface area (Å²) in [6.07, 6.45) is 0. The third-order valence-electron chi connectivity index (χ3n) is 12.4. The molecule has 9 aromatic carbocycles. The van der Waals surface area contributed by atoms with Gasteiger partial charge in [-0.3, -0.25) is 0 Å². The van der Waals surface area contributed by atoms with Crippen LogP contribution in [0.2, 0.25) is 0 Å². The molecule has 0 fully saturated rings. The number of nitrogens with zero attached hydrogens (tertiary/aromatic N) is 2. The maximum absolute atomic E-state index is 5.38. The summed E-state index contributed by atoms with van der Waals surface area (Å²) in [4.78, 5) is 10.7. The number of hydrogen-bond donors (Lipinski definition) is 0. The third kappa shape index (κ3) is 5.47. The van der Waals surface area contributed by atoms with Gasteiger partial charge < -0.3 is 0 Å². The van der Waals surface area contributed by atoms with Gasteiger partial charge in [0.15, 0.2) is 5.82 Å². The zero-order valence-corrected chi connectivity index (χ0v) is 33.4. The van der Waals surface area contributed by atoms with Crippen LogP contribution in [0.1, 0.15) is 22.3 Å². The minimum atomic E-state index is -0.504. The van der Waals surface area contributed by atoms with Crippen molar-refractivity contribution < 1.29 is 0 Å². The van der Waals surface area contributed by atoms with E-state index >= 15 is 0 Å². The Morgan fingerprint density at radius 1 is 0.333 bits per heavy atom. The molecule has 280 valence electrons. The van der Waals surface area contributed by atoms with E-state index in [1.165, 1.54) is 70.1 Å². The lowest BCUT2D eigenvalue weighted by atomic mass is 9.67. The normalized spacial score (nSPS) is 12.8. The molecule has 12 rings (SSSR count). The Balaban J connectivity index is 1.02. The minimum Gasteiger partial charge on any atom is -0.228 e. The van der Waals surface area contributed by atoms with E-state index in [4.69, 9.17) is 9.97 Å². The van der Waals surface area contributed by atoms with Gasteiger partial charge in [-0.05, 0) is 85.6 Å². The van der Waals surface area contributed by atoms with E-state index in [1.54, 1.807) is 0 Å². The highest BCUT2D eigenvalue weighted by molar-refractivity contribution is 7.25. The molecule has 0 atom stereocenters. The quantitative estimate of drug-likeness (QED) is 0.168. The van der Waals surface area contributed by atoms with Crippen molar-refractivity contribution in [3.05, 3.63) is 241 Å². The third-order valence-corrected chi connectivity index (χ3v) is 13.5. The van der Waals surface area contributed by atoms with Crippen molar-refractivity contribution in [2.24, 2.45) is 0 Å². The van der Waals surface area contributed by atoms with Gasteiger partial charge in [0.25, 0.3) is 0 Å². The molecular weight excluding hydrogens is 745 g/mol. The molecule has 1 aliphatic carbocycles. The lowest BCUT2D eigenvalue weighted by Gasteiger charge is -2.34. The van der Waals surface area contributed by atoms with Crippen LogP contribution < -0.4 is 0 Å². The molecule has 2 nitrogen and oxygen atoms in total. The van der Waals surface area contributed by atoms with E-state index in [2.05, 4.69) is 218 Å². The topological polar surface area (TPSA) is 25.8 Å². The number of rotatable bonds is 6. The van der Waals surface area contributed by atoms with Crippen molar-refractivity contribution in [2.75, 3.05) is 0 Å². The molecule has 0 aliphatic heterocycles. The Labute approximate surface area is 352 Å². The molecule has 1 aliphatic rings. The highest BCUT2D eigenvalue weighted by atomic mass is 32.1. The Hall–Kier alpha value is -7.46. The fraction of sp³-hybridized carbons (Fsp3) is 0.0175. The van der Waals surface area contributed by atoms with Gasteiger partial charge in [0.05, 0.1) is 16.8 Å². The van der Waals surface area contributed by atoms with Crippen LogP contribution in [0.5, 0.6) is 0 Å². The smallest absolute Gasteiger partial charge is 0.160 e. The Morgan fingerprint density at radius 2 is 0.917 bits per heavy atom. The summed E-state index contributed by atoms with van der Waals surface area (Å²) in [5.74, 6) is 0.703. The van der Waals surface area contributed by atoms with Crippen LogP contribution in [0.4, 0.5) is 0 Å². The van der Waals surface area contributed by atoms with Crippen molar-refractivity contribution in [2.45, 2.75) is 5.41 Å². The van der Waals surface area contributed by atoms with Gasteiger partial charge in [0.1, 0.15) is 0 Å². The van der Waals surface area contributed by atoms with Crippen LogP contribution >= 0.6 is 11.3 Å². The van der Waals surface area contributed by atoms with Crippen molar-refractivity contribution >= 4 is 42.3 Å². The lowest BCUT2D eigenvalue weighted by Crippen LogP contribution is -2.28. The van der Waals surface area contributed by atoms with Crippen LogP contribution in [0.25, 0.3) is 87.1 Å². The predicted octanol–water partition coefficient (Wildman–Crippen LogP) is 15.0. The average molecular weight is 781 g/mol. The molecule has 0 bridgehead atoms. The molecule has 11 aromatic rings. The number of hydrogen-bond acceptors (Lipinski definition) is 3. The van der Waals surface area contributed by atoms with Gasteiger partial charge in [-0.15, -0.1) is 11.3 Å². The minimum absolute atomic E-state index is 0.504. The first kappa shape index (κ1) is 34.6. The zero-order chi connectivity index (χ0) is 39.6. The van der Waals surface area contributed by atoms with Gasteiger partial charge in [-0.25, -0.2) is 9.97 Å². The summed E-state index contributed by atoms with van der Waals surface area (Å²) in [6.45, 7) is 0. The summed E-state index contributed by atoms with van der Waals surface area (Å²) < 4.78 is 2.62. The summed E-state index contributed by atoms with van der Waals surface area (Å²) >= 11 is 1.85. The molecule has 0 N–H and O–H groups in total. The first-order valence-electron chi connectivity index (χ1n) is 20.5. The van der Waals surface area contributed by atoms with Crippen molar-refractivity contribution in [1.29, 1.82) is 0 Å². The van der Waals surface area contributed by atoms with Gasteiger partial charge in [0, 0.05) is 36.9 Å². The molecule has 0 radical (unpaired) electrons. The van der Waals surface area contributed by atoms with Crippen molar-refractivity contribution in [3.63, 3.8) is 0 Å². The molecular formula is C57H36N2S. The first-order chi connectivity index (χ1) is 29.7. The second-order valence-electron chi connectivity index (χ2n) is 15.7. The summed E-state index contributed by atoms with van der Waals surface area (Å²) in [5.41, 5.74) is 14.3. The van der Waals surface area contributed by atoms with E-state index in [1.807, 2.05) is 11.3 Å². The van der Waals surface area contributed by atoms with Gasteiger partial charge in [0.2, 0.25) is 0 Å². The van der Waals surface area contributed by atoms with Crippen molar-refractivity contribution in [1.82, 2.24) is 9.97 Å². The van der Waals surface area contributed by atoms with E-state index in [0.29, 0.717) is 5.82 Å². The summed E-state index contributed by atoms with van der Waals surface area (Å²) in [5, 5.41) is 4.99. The molecule has 0 saturated carbocycles. The van der Waals surface area contributed by atoms with Crippen LogP contribution in [0.3, 0.4) is 0 Å². The van der Waals surface area contributed by atoms with Crippen LogP contribution in [-0.2, 0) is 5.41 Å². The summed E-state index contributed by atoms with van der Waals surface area (Å²) in [7, 11) is 0. The average Bonchev–Trinajstić information content (AvgIpc) is 3.85. The van der Waals surface area contributed by atoms with Crippen LogP contribution in [-0.4, -0.2) is 9.97 Å². The molecule has 0 spiro atoms. The van der Waals surface area contributed by atoms with Crippen LogP contribution in [0.15, 0.2) is 218 Å². The second-order valence-corrected chi connectivity index (χ2v) is 16.8.